The summed E-state index contributed by atoms with van der Waals surface area (Å²) < 4.78 is 11.2. The maximum Gasteiger partial charge on any atom is 0.258 e. The zero-order valence-corrected chi connectivity index (χ0v) is 14.5. The molecular formula is C21H20N2O3. The first kappa shape index (κ1) is 17.5. The van der Waals surface area contributed by atoms with Gasteiger partial charge < -0.3 is 14.8 Å². The number of aryl methyl sites for hydroxylation is 1. The first-order valence-electron chi connectivity index (χ1n) is 8.33. The van der Waals surface area contributed by atoms with Gasteiger partial charge in [-0.2, -0.15) is 0 Å². The van der Waals surface area contributed by atoms with E-state index in [0.717, 1.165) is 11.1 Å². The quantitative estimate of drug-likeness (QED) is 0.704. The third-order valence-electron chi connectivity index (χ3n) is 3.64. The monoisotopic (exact) mass is 348 g/mol. The molecule has 1 N–H and O–H groups in total. The number of hydrogen-bond acceptors (Lipinski definition) is 4. The molecular weight excluding hydrogens is 328 g/mol. The molecule has 0 aliphatic carbocycles. The van der Waals surface area contributed by atoms with E-state index >= 15 is 0 Å². The van der Waals surface area contributed by atoms with E-state index in [0.29, 0.717) is 23.9 Å². The largest absolute Gasteiger partial charge is 0.484 e. The van der Waals surface area contributed by atoms with Gasteiger partial charge in [0.2, 0.25) is 5.88 Å². The van der Waals surface area contributed by atoms with Crippen LogP contribution in [0.25, 0.3) is 0 Å². The van der Waals surface area contributed by atoms with Gasteiger partial charge in [-0.1, -0.05) is 35.9 Å². The molecule has 3 rings (SSSR count). The number of amides is 1. The van der Waals surface area contributed by atoms with Crippen LogP contribution in [0.15, 0.2) is 72.9 Å². The van der Waals surface area contributed by atoms with Crippen LogP contribution in [-0.2, 0) is 11.3 Å². The van der Waals surface area contributed by atoms with Crippen molar-refractivity contribution in [2.45, 2.75) is 13.5 Å². The highest BCUT2D eigenvalue weighted by atomic mass is 16.5. The Balaban J connectivity index is 1.48. The van der Waals surface area contributed by atoms with Gasteiger partial charge in [0, 0.05) is 18.8 Å². The molecule has 0 saturated carbocycles. The van der Waals surface area contributed by atoms with Gasteiger partial charge in [-0.25, -0.2) is 4.98 Å². The van der Waals surface area contributed by atoms with Crippen molar-refractivity contribution in [2.75, 3.05) is 6.61 Å². The Morgan fingerprint density at radius 2 is 1.85 bits per heavy atom. The van der Waals surface area contributed by atoms with Crippen molar-refractivity contribution in [3.8, 4) is 17.4 Å². The third-order valence-corrected chi connectivity index (χ3v) is 3.64. The Kier molecular flexibility index (Phi) is 5.83. The molecule has 26 heavy (non-hydrogen) atoms. The molecule has 0 aliphatic heterocycles. The van der Waals surface area contributed by atoms with Crippen molar-refractivity contribution < 1.29 is 14.3 Å². The second-order valence-electron chi connectivity index (χ2n) is 5.80. The van der Waals surface area contributed by atoms with Crippen LogP contribution >= 0.6 is 0 Å². The van der Waals surface area contributed by atoms with Crippen molar-refractivity contribution in [3.05, 3.63) is 84.1 Å². The topological polar surface area (TPSA) is 60.5 Å². The molecule has 1 heterocycles. The molecule has 1 aromatic heterocycles. The molecule has 132 valence electrons. The number of nitrogens with one attached hydrogen (secondary N) is 1. The summed E-state index contributed by atoms with van der Waals surface area (Å²) in [5, 5.41) is 2.84. The van der Waals surface area contributed by atoms with Gasteiger partial charge in [0.15, 0.2) is 6.61 Å². The van der Waals surface area contributed by atoms with Gasteiger partial charge >= 0.3 is 0 Å². The van der Waals surface area contributed by atoms with Crippen LogP contribution in [0.1, 0.15) is 11.1 Å². The van der Waals surface area contributed by atoms with Crippen LogP contribution < -0.4 is 14.8 Å². The number of benzene rings is 2. The van der Waals surface area contributed by atoms with Gasteiger partial charge in [-0.05, 0) is 42.8 Å². The summed E-state index contributed by atoms with van der Waals surface area (Å²) in [7, 11) is 0. The molecule has 0 aliphatic rings. The van der Waals surface area contributed by atoms with E-state index in [2.05, 4.69) is 10.3 Å². The number of carbonyl (C=O) groups is 1. The molecule has 5 heteroatoms. The average Bonchev–Trinajstić information content (AvgIpc) is 2.67. The number of ether oxygens (including phenoxy) is 2. The first-order chi connectivity index (χ1) is 12.7. The molecule has 0 radical (unpaired) electrons. The molecule has 0 unspecified atom stereocenters. The summed E-state index contributed by atoms with van der Waals surface area (Å²) >= 11 is 0. The van der Waals surface area contributed by atoms with Crippen LogP contribution in [0.5, 0.6) is 17.4 Å². The second-order valence-corrected chi connectivity index (χ2v) is 5.80. The molecule has 2 aromatic carbocycles. The zero-order chi connectivity index (χ0) is 18.2. The maximum atomic E-state index is 12.0. The molecule has 3 aromatic rings. The van der Waals surface area contributed by atoms with Gasteiger partial charge in [-0.3, -0.25) is 4.79 Å². The van der Waals surface area contributed by atoms with E-state index in [1.54, 1.807) is 12.3 Å². The highest BCUT2D eigenvalue weighted by molar-refractivity contribution is 5.77. The smallest absolute Gasteiger partial charge is 0.258 e. The number of aromatic nitrogens is 1. The van der Waals surface area contributed by atoms with Crippen molar-refractivity contribution in [2.24, 2.45) is 0 Å². The summed E-state index contributed by atoms with van der Waals surface area (Å²) in [6.07, 6.45) is 1.67. The Morgan fingerprint density at radius 3 is 2.62 bits per heavy atom. The van der Waals surface area contributed by atoms with Crippen molar-refractivity contribution in [1.82, 2.24) is 10.3 Å². The van der Waals surface area contributed by atoms with Gasteiger partial charge in [0.25, 0.3) is 5.91 Å². The summed E-state index contributed by atoms with van der Waals surface area (Å²) in [5.41, 5.74) is 2.08. The van der Waals surface area contributed by atoms with Crippen LogP contribution in [0.4, 0.5) is 0 Å². The molecule has 0 fully saturated rings. The zero-order valence-electron chi connectivity index (χ0n) is 14.5. The molecule has 0 atom stereocenters. The standard InChI is InChI=1S/C21H20N2O3/c1-16-8-10-18(11-9-16)25-15-20(24)23-14-17-5-4-6-19(13-17)26-21-7-2-3-12-22-21/h2-13H,14-15H2,1H3,(H,23,24). The van der Waals surface area contributed by atoms with E-state index in [4.69, 9.17) is 9.47 Å². The Labute approximate surface area is 152 Å². The van der Waals surface area contributed by atoms with Crippen LogP contribution in [0, 0.1) is 6.92 Å². The minimum atomic E-state index is -0.179. The van der Waals surface area contributed by atoms with Crippen LogP contribution in [0.2, 0.25) is 0 Å². The average molecular weight is 348 g/mol. The summed E-state index contributed by atoms with van der Waals surface area (Å²) in [5.74, 6) is 1.70. The van der Waals surface area contributed by atoms with Crippen LogP contribution in [-0.4, -0.2) is 17.5 Å². The highest BCUT2D eigenvalue weighted by Crippen LogP contribution is 2.20. The SMILES string of the molecule is Cc1ccc(OCC(=O)NCc2cccc(Oc3ccccn3)c2)cc1. The third kappa shape index (κ3) is 5.34. The number of carbonyl (C=O) groups excluding carboxylic acids is 1. The number of hydrogen-bond donors (Lipinski definition) is 1. The lowest BCUT2D eigenvalue weighted by atomic mass is 10.2. The molecule has 1 amide bonds. The van der Waals surface area contributed by atoms with E-state index in [-0.39, 0.29) is 12.5 Å². The Morgan fingerprint density at radius 1 is 1.00 bits per heavy atom. The van der Waals surface area contributed by atoms with Crippen LogP contribution in [0.3, 0.4) is 0 Å². The van der Waals surface area contributed by atoms with Crippen molar-refractivity contribution in [3.63, 3.8) is 0 Å². The second kappa shape index (κ2) is 8.67. The lowest BCUT2D eigenvalue weighted by Crippen LogP contribution is -2.28. The highest BCUT2D eigenvalue weighted by Gasteiger charge is 2.04. The van der Waals surface area contributed by atoms with Crippen molar-refractivity contribution in [1.29, 1.82) is 0 Å². The summed E-state index contributed by atoms with van der Waals surface area (Å²) in [4.78, 5) is 16.1. The maximum absolute atomic E-state index is 12.0. The van der Waals surface area contributed by atoms with Gasteiger partial charge in [0.05, 0.1) is 0 Å². The fourth-order valence-corrected chi connectivity index (χ4v) is 2.28. The molecule has 5 nitrogen and oxygen atoms in total. The number of rotatable bonds is 7. The van der Waals surface area contributed by atoms with Gasteiger partial charge in [-0.15, -0.1) is 0 Å². The number of nitrogens with zero attached hydrogens (tertiary/aromatic N) is 1. The fourth-order valence-electron chi connectivity index (χ4n) is 2.28. The number of pyridine rings is 1. The van der Waals surface area contributed by atoms with Gasteiger partial charge in [0.1, 0.15) is 11.5 Å². The predicted octanol–water partition coefficient (Wildman–Crippen LogP) is 3.88. The normalized spacial score (nSPS) is 10.2. The fraction of sp³-hybridized carbons (Fsp3) is 0.143. The van der Waals surface area contributed by atoms with E-state index in [9.17, 15) is 4.79 Å². The lowest BCUT2D eigenvalue weighted by Gasteiger charge is -2.09. The molecule has 0 saturated heterocycles. The Hall–Kier alpha value is -3.34. The molecule has 0 bridgehead atoms. The van der Waals surface area contributed by atoms with E-state index < -0.39 is 0 Å². The minimum Gasteiger partial charge on any atom is -0.484 e. The van der Waals surface area contributed by atoms with Crippen molar-refractivity contribution >= 4 is 5.91 Å². The first-order valence-corrected chi connectivity index (χ1v) is 8.33. The lowest BCUT2D eigenvalue weighted by molar-refractivity contribution is -0.123. The minimum absolute atomic E-state index is 0.0206. The Bertz CT molecular complexity index is 849. The predicted molar refractivity (Wildman–Crippen MR) is 99.3 cm³/mol. The van der Waals surface area contributed by atoms with E-state index in [1.165, 1.54) is 0 Å². The molecule has 0 spiro atoms. The summed E-state index contributed by atoms with van der Waals surface area (Å²) in [6.45, 7) is 2.38. The summed E-state index contributed by atoms with van der Waals surface area (Å²) in [6, 6.07) is 20.6. The van der Waals surface area contributed by atoms with E-state index in [1.807, 2.05) is 67.6 Å².